The van der Waals surface area contributed by atoms with E-state index in [1.165, 1.54) is 36.9 Å². The lowest BCUT2D eigenvalue weighted by molar-refractivity contribution is 0.397. The van der Waals surface area contributed by atoms with Crippen LogP contribution in [-0.4, -0.2) is 46.6 Å². The standard InChI is InChI=1S/C29H29N9O/c1-39-29-22(23(18-8-9-18)31-15-34-29)25-36-26(24-27(37-25)33-14-32-24)30-12-16-2-4-19(5-3-16)28-35-21(17-6-7-17)13-38(28)20-10-11-20/h2-5,13-15,17-18,20H,6-12H2,1H3,(H2,30,32,33,36,37). The third-order valence-electron chi connectivity index (χ3n) is 7.87. The highest BCUT2D eigenvalue weighted by Gasteiger charge is 2.33. The Bertz CT molecular complexity index is 1680. The number of rotatable bonds is 9. The van der Waals surface area contributed by atoms with E-state index in [4.69, 9.17) is 19.7 Å². The van der Waals surface area contributed by atoms with Gasteiger partial charge in [-0.2, -0.15) is 0 Å². The number of aromatic nitrogens is 8. The molecule has 1 aromatic carbocycles. The summed E-state index contributed by atoms with van der Waals surface area (Å²) in [6.45, 7) is 0.604. The van der Waals surface area contributed by atoms with Crippen molar-refractivity contribution in [1.29, 1.82) is 0 Å². The number of hydrogen-bond acceptors (Lipinski definition) is 8. The van der Waals surface area contributed by atoms with Crippen molar-refractivity contribution in [3.05, 3.63) is 60.1 Å². The summed E-state index contributed by atoms with van der Waals surface area (Å²) in [7, 11) is 1.61. The highest BCUT2D eigenvalue weighted by atomic mass is 16.5. The lowest BCUT2D eigenvalue weighted by Gasteiger charge is -2.13. The SMILES string of the molecule is COc1ncnc(C2CC2)c1-c1nc(NCc2ccc(-c3nc(C4CC4)cn3C3CC3)cc2)c2[nH]cnc2n1. The first-order valence-electron chi connectivity index (χ1n) is 13.8. The third kappa shape index (κ3) is 4.20. The molecule has 8 rings (SSSR count). The number of aromatic amines is 1. The van der Waals surface area contributed by atoms with Gasteiger partial charge in [-0.25, -0.2) is 29.9 Å². The van der Waals surface area contributed by atoms with Gasteiger partial charge in [0.15, 0.2) is 17.3 Å². The molecule has 0 amide bonds. The molecule has 4 heterocycles. The number of ether oxygens (including phenoxy) is 1. The van der Waals surface area contributed by atoms with E-state index in [2.05, 4.69) is 60.3 Å². The molecular weight excluding hydrogens is 490 g/mol. The number of nitrogens with zero attached hydrogens (tertiary/aromatic N) is 7. The Hall–Kier alpha value is -4.34. The molecule has 0 spiro atoms. The van der Waals surface area contributed by atoms with E-state index in [-0.39, 0.29) is 0 Å². The van der Waals surface area contributed by atoms with E-state index >= 15 is 0 Å². The number of imidazole rings is 2. The van der Waals surface area contributed by atoms with Crippen LogP contribution >= 0.6 is 0 Å². The minimum Gasteiger partial charge on any atom is -0.480 e. The Kier molecular flexibility index (Phi) is 5.14. The smallest absolute Gasteiger partial charge is 0.227 e. The second kappa shape index (κ2) is 8.86. The van der Waals surface area contributed by atoms with Gasteiger partial charge in [0, 0.05) is 36.2 Å². The van der Waals surface area contributed by atoms with E-state index in [0.29, 0.717) is 47.6 Å². The zero-order valence-corrected chi connectivity index (χ0v) is 21.8. The van der Waals surface area contributed by atoms with Crippen molar-refractivity contribution in [2.75, 3.05) is 12.4 Å². The zero-order chi connectivity index (χ0) is 25.9. The first kappa shape index (κ1) is 22.6. The molecule has 196 valence electrons. The first-order valence-corrected chi connectivity index (χ1v) is 13.8. The monoisotopic (exact) mass is 519 g/mol. The molecule has 10 nitrogen and oxygen atoms in total. The van der Waals surface area contributed by atoms with Gasteiger partial charge in [-0.1, -0.05) is 24.3 Å². The Labute approximate surface area is 225 Å². The molecule has 10 heteroatoms. The fourth-order valence-electron chi connectivity index (χ4n) is 5.28. The highest BCUT2D eigenvalue weighted by molar-refractivity contribution is 5.85. The van der Waals surface area contributed by atoms with Gasteiger partial charge in [0.2, 0.25) is 5.88 Å². The van der Waals surface area contributed by atoms with Gasteiger partial charge >= 0.3 is 0 Å². The minimum atomic E-state index is 0.390. The number of nitrogens with one attached hydrogen (secondary N) is 2. The summed E-state index contributed by atoms with van der Waals surface area (Å²) < 4.78 is 7.99. The average molecular weight is 520 g/mol. The Morgan fingerprint density at radius 3 is 2.51 bits per heavy atom. The molecule has 0 atom stereocenters. The number of H-pyrrole nitrogens is 1. The summed E-state index contributed by atoms with van der Waals surface area (Å²) in [6, 6.07) is 9.30. The van der Waals surface area contributed by atoms with Crippen molar-refractivity contribution in [2.45, 2.75) is 62.9 Å². The van der Waals surface area contributed by atoms with Crippen LogP contribution in [-0.2, 0) is 6.54 Å². The lowest BCUT2D eigenvalue weighted by atomic mass is 10.1. The number of methoxy groups -OCH3 is 1. The van der Waals surface area contributed by atoms with Crippen LogP contribution in [0.2, 0.25) is 0 Å². The van der Waals surface area contributed by atoms with Gasteiger partial charge in [-0.15, -0.1) is 0 Å². The molecule has 0 unspecified atom stereocenters. The normalized spacial score (nSPS) is 17.1. The molecule has 0 aliphatic heterocycles. The number of hydrogen-bond donors (Lipinski definition) is 2. The van der Waals surface area contributed by atoms with Crippen molar-refractivity contribution in [3.63, 3.8) is 0 Å². The molecule has 3 aliphatic rings. The van der Waals surface area contributed by atoms with Crippen molar-refractivity contribution in [1.82, 2.24) is 39.5 Å². The second-order valence-corrected chi connectivity index (χ2v) is 10.9. The van der Waals surface area contributed by atoms with E-state index in [9.17, 15) is 0 Å². The van der Waals surface area contributed by atoms with Crippen molar-refractivity contribution in [3.8, 4) is 28.7 Å². The molecule has 39 heavy (non-hydrogen) atoms. The van der Waals surface area contributed by atoms with Gasteiger partial charge in [-0.3, -0.25) is 0 Å². The van der Waals surface area contributed by atoms with E-state index in [1.807, 2.05) is 0 Å². The molecule has 0 radical (unpaired) electrons. The third-order valence-corrected chi connectivity index (χ3v) is 7.87. The van der Waals surface area contributed by atoms with Gasteiger partial charge in [0.1, 0.15) is 23.2 Å². The highest BCUT2D eigenvalue weighted by Crippen LogP contribution is 2.46. The fourth-order valence-corrected chi connectivity index (χ4v) is 5.28. The van der Waals surface area contributed by atoms with Gasteiger partial charge in [0.05, 0.1) is 24.8 Å². The second-order valence-electron chi connectivity index (χ2n) is 10.9. The molecule has 5 aromatic rings. The lowest BCUT2D eigenvalue weighted by Crippen LogP contribution is -2.07. The Balaban J connectivity index is 1.08. The summed E-state index contributed by atoms with van der Waals surface area (Å²) in [5, 5.41) is 3.50. The molecule has 0 bridgehead atoms. The zero-order valence-electron chi connectivity index (χ0n) is 21.8. The van der Waals surface area contributed by atoms with Crippen LogP contribution in [0.5, 0.6) is 5.88 Å². The average Bonchev–Trinajstić information content (AvgIpc) is 3.87. The summed E-state index contributed by atoms with van der Waals surface area (Å²) >= 11 is 0. The van der Waals surface area contributed by atoms with Crippen LogP contribution in [0.4, 0.5) is 5.82 Å². The van der Waals surface area contributed by atoms with Crippen molar-refractivity contribution >= 4 is 17.0 Å². The molecular formula is C29H29N9O. The Morgan fingerprint density at radius 2 is 1.77 bits per heavy atom. The fraction of sp³-hybridized carbons (Fsp3) is 0.379. The molecule has 4 aromatic heterocycles. The van der Waals surface area contributed by atoms with Crippen LogP contribution in [0, 0.1) is 0 Å². The van der Waals surface area contributed by atoms with E-state index < -0.39 is 0 Å². The van der Waals surface area contributed by atoms with Gasteiger partial charge in [-0.05, 0) is 44.1 Å². The predicted octanol–water partition coefficient (Wildman–Crippen LogP) is 5.38. The maximum Gasteiger partial charge on any atom is 0.227 e. The summed E-state index contributed by atoms with van der Waals surface area (Å²) in [4.78, 5) is 31.2. The summed E-state index contributed by atoms with van der Waals surface area (Å²) in [6.07, 6.45) is 12.7. The van der Waals surface area contributed by atoms with Crippen molar-refractivity contribution in [2.24, 2.45) is 0 Å². The topological polar surface area (TPSA) is 119 Å². The van der Waals surface area contributed by atoms with Crippen LogP contribution < -0.4 is 10.1 Å². The van der Waals surface area contributed by atoms with Gasteiger partial charge < -0.3 is 19.6 Å². The van der Waals surface area contributed by atoms with Crippen LogP contribution in [0.3, 0.4) is 0 Å². The molecule has 3 aliphatic carbocycles. The van der Waals surface area contributed by atoms with Gasteiger partial charge in [0.25, 0.3) is 0 Å². The molecule has 3 fully saturated rings. The number of fused-ring (bicyclic) bond motifs is 1. The Morgan fingerprint density at radius 1 is 0.949 bits per heavy atom. The maximum absolute atomic E-state index is 5.59. The maximum atomic E-state index is 5.59. The quantitative estimate of drug-likeness (QED) is 0.266. The number of anilines is 1. The summed E-state index contributed by atoms with van der Waals surface area (Å²) in [5.74, 6) is 3.84. The molecule has 0 saturated heterocycles. The van der Waals surface area contributed by atoms with Crippen molar-refractivity contribution < 1.29 is 4.74 Å². The number of benzene rings is 1. The molecule has 2 N–H and O–H groups in total. The largest absolute Gasteiger partial charge is 0.480 e. The van der Waals surface area contributed by atoms with E-state index in [1.54, 1.807) is 19.8 Å². The van der Waals surface area contributed by atoms with Crippen LogP contribution in [0.25, 0.3) is 33.9 Å². The predicted molar refractivity (Wildman–Crippen MR) is 146 cm³/mol. The minimum absolute atomic E-state index is 0.390. The van der Waals surface area contributed by atoms with Crippen LogP contribution in [0.15, 0.2) is 43.1 Å². The van der Waals surface area contributed by atoms with Crippen LogP contribution in [0.1, 0.15) is 73.4 Å². The van der Waals surface area contributed by atoms with E-state index in [0.717, 1.165) is 41.0 Å². The molecule has 3 saturated carbocycles. The summed E-state index contributed by atoms with van der Waals surface area (Å²) in [5.41, 5.74) is 6.61. The first-order chi connectivity index (χ1) is 19.2.